The minimum atomic E-state index is -3.85. The number of aromatic nitrogens is 1. The van der Waals surface area contributed by atoms with E-state index in [-0.39, 0.29) is 23.7 Å². The maximum atomic E-state index is 14.2. The molecule has 1 saturated carbocycles. The summed E-state index contributed by atoms with van der Waals surface area (Å²) in [5.74, 6) is -1.14. The molecule has 2 aliphatic rings. The minimum Gasteiger partial charge on any atom is -0.493 e. The molecule has 182 valence electrons. The van der Waals surface area contributed by atoms with Gasteiger partial charge in [-0.1, -0.05) is 18.2 Å². The molecule has 0 spiro atoms. The van der Waals surface area contributed by atoms with Gasteiger partial charge in [-0.2, -0.15) is 0 Å². The van der Waals surface area contributed by atoms with Gasteiger partial charge in [0, 0.05) is 28.9 Å². The molecule has 1 aliphatic carbocycles. The number of benzene rings is 2. The highest BCUT2D eigenvalue weighted by atomic mass is 32.2. The summed E-state index contributed by atoms with van der Waals surface area (Å²) in [4.78, 5) is 17.2. The van der Waals surface area contributed by atoms with E-state index in [9.17, 15) is 22.7 Å². The van der Waals surface area contributed by atoms with E-state index in [4.69, 9.17) is 4.74 Å². The van der Waals surface area contributed by atoms with E-state index in [2.05, 4.69) is 9.71 Å². The number of rotatable bonds is 6. The van der Waals surface area contributed by atoms with Gasteiger partial charge in [-0.15, -0.1) is 0 Å². The van der Waals surface area contributed by atoms with Crippen LogP contribution in [0.1, 0.15) is 47.5 Å². The lowest BCUT2D eigenvalue weighted by molar-refractivity contribution is 0.0503. The molecule has 2 heterocycles. The lowest BCUT2D eigenvalue weighted by Crippen LogP contribution is -2.38. The number of amides is 1. The number of aliphatic hydroxyl groups is 1. The quantitative estimate of drug-likeness (QED) is 0.538. The summed E-state index contributed by atoms with van der Waals surface area (Å²) in [7, 11) is -3.85. The molecule has 1 fully saturated rings. The fourth-order valence-electron chi connectivity index (χ4n) is 4.27. The van der Waals surface area contributed by atoms with Gasteiger partial charge < -0.3 is 9.84 Å². The molecule has 2 N–H and O–H groups in total. The fourth-order valence-corrected chi connectivity index (χ4v) is 5.51. The van der Waals surface area contributed by atoms with Crippen molar-refractivity contribution in [2.24, 2.45) is 5.92 Å². The number of aliphatic hydroxyl groups excluding tert-OH is 1. The molecule has 7 nitrogen and oxygen atoms in total. The van der Waals surface area contributed by atoms with Gasteiger partial charge in [-0.3, -0.25) is 9.78 Å². The van der Waals surface area contributed by atoms with Crippen molar-refractivity contribution in [2.45, 2.75) is 37.0 Å². The molecule has 1 aliphatic heterocycles. The van der Waals surface area contributed by atoms with E-state index in [0.29, 0.717) is 36.1 Å². The summed E-state index contributed by atoms with van der Waals surface area (Å²) in [6.07, 6.45) is 2.43. The van der Waals surface area contributed by atoms with Gasteiger partial charge in [0.05, 0.1) is 17.5 Å². The first-order valence-electron chi connectivity index (χ1n) is 11.4. The Bertz CT molecular complexity index is 1390. The molecule has 0 radical (unpaired) electrons. The number of sulfonamides is 1. The third-order valence-electron chi connectivity index (χ3n) is 6.80. The Morgan fingerprint density at radius 1 is 1.20 bits per heavy atom. The Morgan fingerprint density at radius 3 is 2.71 bits per heavy atom. The molecule has 35 heavy (non-hydrogen) atoms. The van der Waals surface area contributed by atoms with Crippen molar-refractivity contribution in [1.29, 1.82) is 0 Å². The smallest absolute Gasteiger partial charge is 0.265 e. The predicted octanol–water partition coefficient (Wildman–Crippen LogP) is 3.78. The summed E-state index contributed by atoms with van der Waals surface area (Å²) >= 11 is 0. The Labute approximate surface area is 203 Å². The maximum absolute atomic E-state index is 14.2. The molecule has 2 aromatic carbocycles. The van der Waals surface area contributed by atoms with Gasteiger partial charge >= 0.3 is 0 Å². The van der Waals surface area contributed by atoms with Gasteiger partial charge in [0.15, 0.2) is 0 Å². The van der Waals surface area contributed by atoms with Crippen molar-refractivity contribution in [3.8, 4) is 16.9 Å². The molecule has 0 unspecified atom stereocenters. The normalized spacial score (nSPS) is 20.4. The van der Waals surface area contributed by atoms with E-state index in [1.54, 1.807) is 31.3 Å². The van der Waals surface area contributed by atoms with Gasteiger partial charge in [-0.05, 0) is 73.7 Å². The number of carbonyl (C=O) groups excluding carboxylic acids is 1. The Balaban J connectivity index is 1.43. The van der Waals surface area contributed by atoms with Crippen LogP contribution in [-0.2, 0) is 16.4 Å². The summed E-state index contributed by atoms with van der Waals surface area (Å²) in [6.45, 7) is 1.85. The van der Waals surface area contributed by atoms with E-state index < -0.39 is 32.6 Å². The van der Waals surface area contributed by atoms with Gasteiger partial charge in [-0.25, -0.2) is 17.5 Å². The summed E-state index contributed by atoms with van der Waals surface area (Å²) in [5.41, 5.74) is 2.18. The number of pyridine rings is 1. The highest BCUT2D eigenvalue weighted by Gasteiger charge is 2.51. The monoisotopic (exact) mass is 496 g/mol. The first kappa shape index (κ1) is 23.4. The number of hydrogen-bond donors (Lipinski definition) is 2. The van der Waals surface area contributed by atoms with Crippen LogP contribution in [0.25, 0.3) is 11.1 Å². The topological polar surface area (TPSA) is 106 Å². The van der Waals surface area contributed by atoms with E-state index in [1.165, 1.54) is 12.1 Å². The zero-order valence-electron chi connectivity index (χ0n) is 19.1. The molecule has 2 atom stereocenters. The van der Waals surface area contributed by atoms with Crippen LogP contribution in [0.5, 0.6) is 5.75 Å². The molecular weight excluding hydrogens is 471 g/mol. The van der Waals surface area contributed by atoms with Crippen LogP contribution in [0.15, 0.2) is 60.8 Å². The zero-order chi connectivity index (χ0) is 24.8. The molecule has 5 rings (SSSR count). The molecule has 1 amide bonds. The summed E-state index contributed by atoms with van der Waals surface area (Å²) in [6, 6.07) is 14.2. The third-order valence-corrected chi connectivity index (χ3v) is 8.96. The Kier molecular flexibility index (Phi) is 5.85. The van der Waals surface area contributed by atoms with Crippen molar-refractivity contribution in [3.63, 3.8) is 0 Å². The number of ether oxygens (including phenoxy) is 1. The van der Waals surface area contributed by atoms with Crippen LogP contribution in [0, 0.1) is 11.7 Å². The molecule has 3 aromatic rings. The predicted molar refractivity (Wildman–Crippen MR) is 128 cm³/mol. The third kappa shape index (κ3) is 4.53. The highest BCUT2D eigenvalue weighted by Crippen LogP contribution is 2.43. The number of carbonyl (C=O) groups is 1. The molecule has 9 heteroatoms. The minimum absolute atomic E-state index is 0.0311. The average molecular weight is 497 g/mol. The number of nitrogens with one attached hydrogen (secondary N) is 1. The second kappa shape index (κ2) is 8.73. The lowest BCUT2D eigenvalue weighted by Gasteiger charge is -2.30. The zero-order valence-corrected chi connectivity index (χ0v) is 19.9. The van der Waals surface area contributed by atoms with Crippen LogP contribution < -0.4 is 9.46 Å². The van der Waals surface area contributed by atoms with Crippen LogP contribution >= 0.6 is 0 Å². The highest BCUT2D eigenvalue weighted by molar-refractivity contribution is 7.91. The van der Waals surface area contributed by atoms with Gasteiger partial charge in [0.2, 0.25) is 10.0 Å². The number of nitrogens with zero attached hydrogens (tertiary/aromatic N) is 1. The number of fused-ring (bicyclic) bond motifs is 1. The fraction of sp³-hybridized carbons (Fsp3) is 0.308. The van der Waals surface area contributed by atoms with E-state index >= 15 is 0 Å². The molecular formula is C26H25FN2O5S. The Hall–Kier alpha value is -3.30. The van der Waals surface area contributed by atoms with E-state index in [1.807, 2.05) is 18.2 Å². The summed E-state index contributed by atoms with van der Waals surface area (Å²) < 4.78 is 46.4. The van der Waals surface area contributed by atoms with Gasteiger partial charge in [0.25, 0.3) is 5.91 Å². The van der Waals surface area contributed by atoms with Crippen molar-refractivity contribution in [2.75, 3.05) is 6.61 Å². The second-order valence-corrected chi connectivity index (χ2v) is 11.6. The van der Waals surface area contributed by atoms with Crippen LogP contribution in [0.2, 0.25) is 0 Å². The first-order chi connectivity index (χ1) is 16.7. The van der Waals surface area contributed by atoms with Crippen LogP contribution in [0.3, 0.4) is 0 Å². The average Bonchev–Trinajstić information content (AvgIpc) is 3.60. The van der Waals surface area contributed by atoms with Crippen LogP contribution in [-0.4, -0.2) is 35.8 Å². The SMILES string of the molecule is CC1(S(=O)(=O)NC(=O)c2ccc(F)cc2-c2ccc3c(c2)OC[C@H](Cc2ccccn2)[C@H]3O)CC1. The second-order valence-electron chi connectivity index (χ2n) is 9.37. The van der Waals surface area contributed by atoms with Crippen molar-refractivity contribution >= 4 is 15.9 Å². The maximum Gasteiger partial charge on any atom is 0.265 e. The van der Waals surface area contributed by atoms with Crippen molar-refractivity contribution < 1.29 is 27.4 Å². The standard InChI is InChI=1S/C26H25FN2O5S/c1-26(9-10-26)35(32,33)29-25(31)20-8-6-18(27)14-22(20)16-5-7-21-23(13-16)34-15-17(24(21)30)12-19-4-2-3-11-28-19/h2-8,11,13-14,17,24,30H,9-10,12,15H2,1H3,(H,29,31)/t17-,24+/m0/s1. The molecule has 1 aromatic heterocycles. The molecule has 0 bridgehead atoms. The van der Waals surface area contributed by atoms with Crippen LogP contribution in [0.4, 0.5) is 4.39 Å². The summed E-state index contributed by atoms with van der Waals surface area (Å²) in [5, 5.41) is 10.9. The molecule has 0 saturated heterocycles. The lowest BCUT2D eigenvalue weighted by atomic mass is 9.88. The van der Waals surface area contributed by atoms with Crippen molar-refractivity contribution in [1.82, 2.24) is 9.71 Å². The Morgan fingerprint density at radius 2 is 2.00 bits per heavy atom. The largest absolute Gasteiger partial charge is 0.493 e. The van der Waals surface area contributed by atoms with E-state index in [0.717, 1.165) is 11.8 Å². The van der Waals surface area contributed by atoms with Gasteiger partial charge in [0.1, 0.15) is 11.6 Å². The first-order valence-corrected chi connectivity index (χ1v) is 12.9. The number of halogens is 1. The van der Waals surface area contributed by atoms with Crippen molar-refractivity contribution in [3.05, 3.63) is 83.4 Å². The number of hydrogen-bond acceptors (Lipinski definition) is 6.